The highest BCUT2D eigenvalue weighted by molar-refractivity contribution is 7.18. The number of rotatable bonds is 8. The Hall–Kier alpha value is -2.71. The highest BCUT2D eigenvalue weighted by Crippen LogP contribution is 2.35. The lowest BCUT2D eigenvalue weighted by Gasteiger charge is -2.25. The van der Waals surface area contributed by atoms with E-state index in [-0.39, 0.29) is 12.5 Å². The Bertz CT molecular complexity index is 1100. The van der Waals surface area contributed by atoms with Gasteiger partial charge in [0.15, 0.2) is 11.7 Å². The van der Waals surface area contributed by atoms with E-state index >= 15 is 0 Å². The van der Waals surface area contributed by atoms with Gasteiger partial charge >= 0.3 is 0 Å². The second-order valence-corrected chi connectivity index (χ2v) is 10.5. The Kier molecular flexibility index (Phi) is 7.77. The second kappa shape index (κ2) is 10.9. The first-order chi connectivity index (χ1) is 16.0. The van der Waals surface area contributed by atoms with Crippen LogP contribution in [0.2, 0.25) is 0 Å². The van der Waals surface area contributed by atoms with Crippen LogP contribution in [0.4, 0.5) is 5.13 Å². The van der Waals surface area contributed by atoms with E-state index < -0.39 is 0 Å². The molecule has 33 heavy (non-hydrogen) atoms. The van der Waals surface area contributed by atoms with Crippen molar-refractivity contribution in [1.82, 2.24) is 10.4 Å². The predicted octanol–water partition coefficient (Wildman–Crippen LogP) is 5.82. The Morgan fingerprint density at radius 3 is 2.82 bits per heavy atom. The van der Waals surface area contributed by atoms with E-state index in [1.165, 1.54) is 19.3 Å². The van der Waals surface area contributed by atoms with Gasteiger partial charge in [-0.25, -0.2) is 10.4 Å². The molecule has 3 aromatic rings. The fourth-order valence-electron chi connectivity index (χ4n) is 3.80. The zero-order valence-electron chi connectivity index (χ0n) is 19.3. The molecule has 1 saturated heterocycles. The van der Waals surface area contributed by atoms with Crippen molar-refractivity contribution in [3.8, 4) is 16.3 Å². The fraction of sp³-hybridized carbons (Fsp3) is 0.400. The summed E-state index contributed by atoms with van der Waals surface area (Å²) in [4.78, 5) is 21.7. The molecule has 0 saturated carbocycles. The van der Waals surface area contributed by atoms with E-state index in [1.54, 1.807) is 28.9 Å². The van der Waals surface area contributed by atoms with E-state index in [9.17, 15) is 4.79 Å². The summed E-state index contributed by atoms with van der Waals surface area (Å²) in [6.07, 6.45) is 5.38. The highest BCUT2D eigenvalue weighted by atomic mass is 32.1. The van der Waals surface area contributed by atoms with Gasteiger partial charge in [0.2, 0.25) is 0 Å². The quantitative estimate of drug-likeness (QED) is 0.324. The van der Waals surface area contributed by atoms with Gasteiger partial charge in [0, 0.05) is 13.1 Å². The van der Waals surface area contributed by atoms with E-state index in [0.717, 1.165) is 50.5 Å². The van der Waals surface area contributed by atoms with E-state index in [2.05, 4.69) is 47.5 Å². The molecule has 1 aliphatic rings. The van der Waals surface area contributed by atoms with Crippen molar-refractivity contribution in [3.63, 3.8) is 0 Å². The number of carbonyl (C=O) groups is 1. The second-order valence-electron chi connectivity index (χ2n) is 8.51. The van der Waals surface area contributed by atoms with E-state index in [1.807, 2.05) is 24.4 Å². The number of nitrogens with one attached hydrogen (secondary N) is 1. The minimum absolute atomic E-state index is 0.0833. The van der Waals surface area contributed by atoms with Crippen LogP contribution >= 0.6 is 22.7 Å². The summed E-state index contributed by atoms with van der Waals surface area (Å²) < 4.78 is 5.81. The number of amides is 1. The van der Waals surface area contributed by atoms with Gasteiger partial charge in [-0.05, 0) is 60.7 Å². The van der Waals surface area contributed by atoms with Gasteiger partial charge in [0.05, 0.1) is 16.0 Å². The molecule has 3 heterocycles. The molecule has 8 heteroatoms. The molecule has 0 spiro atoms. The first-order valence-electron chi connectivity index (χ1n) is 11.4. The molecular formula is C25H30N4O2S2. The van der Waals surface area contributed by atoms with Crippen LogP contribution in [-0.4, -0.2) is 36.8 Å². The Labute approximate surface area is 203 Å². The van der Waals surface area contributed by atoms with Crippen LogP contribution in [0.5, 0.6) is 5.75 Å². The molecule has 0 bridgehead atoms. The standard InChI is InChI=1S/C25H30N4O2S2/c1-17(2)19-10-9-18(3)14-20(19)31-16-23(30)28-26-15-22-24(21-8-7-13-32-21)27-25(33-22)29-11-5-4-6-12-29/h7-10,13-15,17H,4-6,11-12,16H2,1-3H3,(H,28,30)/b26-15+. The summed E-state index contributed by atoms with van der Waals surface area (Å²) in [5, 5.41) is 7.28. The minimum atomic E-state index is -0.291. The Balaban J connectivity index is 1.42. The van der Waals surface area contributed by atoms with Crippen molar-refractivity contribution < 1.29 is 9.53 Å². The molecule has 1 aromatic carbocycles. The Morgan fingerprint density at radius 1 is 1.27 bits per heavy atom. The number of anilines is 1. The van der Waals surface area contributed by atoms with Gasteiger partial charge in [-0.15, -0.1) is 11.3 Å². The summed E-state index contributed by atoms with van der Waals surface area (Å²) in [6, 6.07) is 10.2. The lowest BCUT2D eigenvalue weighted by molar-refractivity contribution is -0.123. The smallest absolute Gasteiger partial charge is 0.277 e. The number of benzene rings is 1. The van der Waals surface area contributed by atoms with Gasteiger partial charge in [-0.3, -0.25) is 4.79 Å². The number of thiophene rings is 1. The Morgan fingerprint density at radius 2 is 2.09 bits per heavy atom. The van der Waals surface area contributed by atoms with E-state index in [0.29, 0.717) is 5.92 Å². The molecule has 1 amide bonds. The number of hydrogen-bond donors (Lipinski definition) is 1. The van der Waals surface area contributed by atoms with Crippen LogP contribution in [-0.2, 0) is 4.79 Å². The number of hydrazone groups is 1. The molecule has 1 fully saturated rings. The summed E-state index contributed by atoms with van der Waals surface area (Å²) in [5.74, 6) is 0.774. The predicted molar refractivity (Wildman–Crippen MR) is 138 cm³/mol. The fourth-order valence-corrected chi connectivity index (χ4v) is 5.60. The normalized spacial score (nSPS) is 14.2. The molecule has 0 radical (unpaired) electrons. The summed E-state index contributed by atoms with van der Waals surface area (Å²) in [5.41, 5.74) is 5.71. The highest BCUT2D eigenvalue weighted by Gasteiger charge is 2.19. The van der Waals surface area contributed by atoms with Gasteiger partial charge in [0.1, 0.15) is 11.4 Å². The van der Waals surface area contributed by atoms with Crippen molar-refractivity contribution in [3.05, 3.63) is 51.7 Å². The maximum atomic E-state index is 12.4. The lowest BCUT2D eigenvalue weighted by Crippen LogP contribution is -2.29. The summed E-state index contributed by atoms with van der Waals surface area (Å²) >= 11 is 3.28. The molecule has 6 nitrogen and oxygen atoms in total. The molecule has 2 aromatic heterocycles. The zero-order valence-corrected chi connectivity index (χ0v) is 21.0. The van der Waals surface area contributed by atoms with Gasteiger partial charge in [-0.2, -0.15) is 5.10 Å². The molecule has 1 N–H and O–H groups in total. The average Bonchev–Trinajstić information content (AvgIpc) is 3.48. The van der Waals surface area contributed by atoms with Gasteiger partial charge in [0.25, 0.3) is 5.91 Å². The summed E-state index contributed by atoms with van der Waals surface area (Å²) in [7, 11) is 0. The largest absolute Gasteiger partial charge is 0.483 e. The number of hydrogen-bond acceptors (Lipinski definition) is 7. The van der Waals surface area contributed by atoms with Crippen LogP contribution < -0.4 is 15.1 Å². The topological polar surface area (TPSA) is 66.8 Å². The molecule has 174 valence electrons. The van der Waals surface area contributed by atoms with Crippen LogP contribution in [0, 0.1) is 6.92 Å². The van der Waals surface area contributed by atoms with Crippen LogP contribution in [0.3, 0.4) is 0 Å². The first kappa shape index (κ1) is 23.4. The van der Waals surface area contributed by atoms with Gasteiger partial charge < -0.3 is 9.64 Å². The third-order valence-electron chi connectivity index (χ3n) is 5.54. The van der Waals surface area contributed by atoms with Crippen molar-refractivity contribution in [2.24, 2.45) is 5.10 Å². The van der Waals surface area contributed by atoms with Crippen LogP contribution in [0.25, 0.3) is 10.6 Å². The molecule has 0 atom stereocenters. The summed E-state index contributed by atoms with van der Waals surface area (Å²) in [6.45, 7) is 8.24. The number of aryl methyl sites for hydroxylation is 1. The van der Waals surface area contributed by atoms with E-state index in [4.69, 9.17) is 9.72 Å². The zero-order chi connectivity index (χ0) is 23.2. The average molecular weight is 483 g/mol. The number of carbonyl (C=O) groups excluding carboxylic acids is 1. The minimum Gasteiger partial charge on any atom is -0.483 e. The number of nitrogens with zero attached hydrogens (tertiary/aromatic N) is 3. The lowest BCUT2D eigenvalue weighted by atomic mass is 10.0. The van der Waals surface area contributed by atoms with Crippen molar-refractivity contribution in [1.29, 1.82) is 0 Å². The van der Waals surface area contributed by atoms with Gasteiger partial charge in [-0.1, -0.05) is 43.4 Å². The van der Waals surface area contributed by atoms with Crippen LogP contribution in [0.1, 0.15) is 55.0 Å². The molecular weight excluding hydrogens is 452 g/mol. The number of piperidine rings is 1. The number of ether oxygens (including phenoxy) is 1. The van der Waals surface area contributed by atoms with Crippen molar-refractivity contribution >= 4 is 39.9 Å². The van der Waals surface area contributed by atoms with Crippen molar-refractivity contribution in [2.75, 3.05) is 24.6 Å². The first-order valence-corrected chi connectivity index (χ1v) is 13.1. The van der Waals surface area contributed by atoms with Crippen LogP contribution in [0.15, 0.2) is 40.8 Å². The molecule has 0 aliphatic carbocycles. The van der Waals surface area contributed by atoms with Crippen molar-refractivity contribution in [2.45, 2.75) is 46.0 Å². The maximum absolute atomic E-state index is 12.4. The number of aromatic nitrogens is 1. The maximum Gasteiger partial charge on any atom is 0.277 e. The monoisotopic (exact) mass is 482 g/mol. The third kappa shape index (κ3) is 6.00. The number of thiazole rings is 1. The molecule has 0 unspecified atom stereocenters. The SMILES string of the molecule is Cc1ccc(C(C)C)c(OCC(=O)N/N=C/c2sc(N3CCCCC3)nc2-c2cccs2)c1. The molecule has 1 aliphatic heterocycles. The third-order valence-corrected chi connectivity index (χ3v) is 7.47. The molecule has 4 rings (SSSR count).